The van der Waals surface area contributed by atoms with E-state index in [1.165, 1.54) is 12.1 Å². The molecule has 0 fully saturated rings. The van der Waals surface area contributed by atoms with Crippen LogP contribution in [0.15, 0.2) is 24.4 Å². The highest BCUT2D eigenvalue weighted by molar-refractivity contribution is 6.32. The van der Waals surface area contributed by atoms with Crippen LogP contribution in [0.25, 0.3) is 0 Å². The summed E-state index contributed by atoms with van der Waals surface area (Å²) in [5, 5.41) is 4.43. The van der Waals surface area contributed by atoms with Crippen LogP contribution in [0, 0.1) is 12.7 Å². The zero-order chi connectivity index (χ0) is 11.7. The van der Waals surface area contributed by atoms with Crippen LogP contribution in [0.2, 0.25) is 5.02 Å². The summed E-state index contributed by atoms with van der Waals surface area (Å²) in [5.74, 6) is 0.0301. The smallest absolute Gasteiger partial charge is 0.164 e. The van der Waals surface area contributed by atoms with Crippen molar-refractivity contribution in [1.82, 2.24) is 9.78 Å². The monoisotopic (exact) mass is 239 g/mol. The van der Waals surface area contributed by atoms with E-state index in [0.717, 1.165) is 11.1 Å². The Kier molecular flexibility index (Phi) is 2.83. The van der Waals surface area contributed by atoms with Crippen molar-refractivity contribution >= 4 is 17.4 Å². The molecule has 2 N–H and O–H groups in total. The van der Waals surface area contributed by atoms with E-state index < -0.39 is 0 Å². The molecule has 0 spiro atoms. The van der Waals surface area contributed by atoms with E-state index in [2.05, 4.69) is 5.10 Å². The summed E-state index contributed by atoms with van der Waals surface area (Å²) in [5.41, 5.74) is 7.39. The number of rotatable bonds is 2. The number of hydrogen-bond acceptors (Lipinski definition) is 2. The minimum Gasteiger partial charge on any atom is -0.381 e. The Bertz CT molecular complexity index is 502. The molecule has 0 amide bonds. The molecule has 0 aliphatic rings. The largest absolute Gasteiger partial charge is 0.381 e. The van der Waals surface area contributed by atoms with Gasteiger partial charge in [0.25, 0.3) is 0 Å². The van der Waals surface area contributed by atoms with Crippen molar-refractivity contribution in [3.8, 4) is 0 Å². The summed E-state index contributed by atoms with van der Waals surface area (Å²) in [6.07, 6.45) is 1.63. The summed E-state index contributed by atoms with van der Waals surface area (Å²) in [6.45, 7) is 2.38. The fourth-order valence-electron chi connectivity index (χ4n) is 1.48. The zero-order valence-electron chi connectivity index (χ0n) is 8.74. The van der Waals surface area contributed by atoms with E-state index in [0.29, 0.717) is 11.6 Å². The highest BCUT2D eigenvalue weighted by Crippen LogP contribution is 2.17. The van der Waals surface area contributed by atoms with Gasteiger partial charge in [-0.25, -0.2) is 4.39 Å². The SMILES string of the molecule is Cc1ccc(F)cc1Cn1cc(Cl)c(N)n1. The number of nitrogens with zero attached hydrogens (tertiary/aromatic N) is 2. The predicted octanol–water partition coefficient (Wildman–Crippen LogP) is 2.61. The topological polar surface area (TPSA) is 43.8 Å². The lowest BCUT2D eigenvalue weighted by atomic mass is 10.1. The van der Waals surface area contributed by atoms with E-state index in [-0.39, 0.29) is 11.6 Å². The van der Waals surface area contributed by atoms with Crippen LogP contribution < -0.4 is 5.73 Å². The van der Waals surface area contributed by atoms with Crippen LogP contribution in [-0.4, -0.2) is 9.78 Å². The Balaban J connectivity index is 2.29. The maximum Gasteiger partial charge on any atom is 0.164 e. The van der Waals surface area contributed by atoms with E-state index in [1.54, 1.807) is 16.9 Å². The predicted molar refractivity (Wildman–Crippen MR) is 61.9 cm³/mol. The normalized spacial score (nSPS) is 10.7. The first-order valence-corrected chi connectivity index (χ1v) is 5.17. The van der Waals surface area contributed by atoms with Crippen molar-refractivity contribution in [2.24, 2.45) is 0 Å². The molecule has 16 heavy (non-hydrogen) atoms. The van der Waals surface area contributed by atoms with Gasteiger partial charge < -0.3 is 5.73 Å². The van der Waals surface area contributed by atoms with E-state index in [4.69, 9.17) is 17.3 Å². The molecule has 0 radical (unpaired) electrons. The highest BCUT2D eigenvalue weighted by atomic mass is 35.5. The van der Waals surface area contributed by atoms with Gasteiger partial charge in [-0.1, -0.05) is 17.7 Å². The van der Waals surface area contributed by atoms with Crippen molar-refractivity contribution in [3.63, 3.8) is 0 Å². The third kappa shape index (κ3) is 2.17. The molecular weight excluding hydrogens is 229 g/mol. The van der Waals surface area contributed by atoms with Crippen LogP contribution >= 0.6 is 11.6 Å². The van der Waals surface area contributed by atoms with Gasteiger partial charge in [-0.15, -0.1) is 0 Å². The van der Waals surface area contributed by atoms with Gasteiger partial charge >= 0.3 is 0 Å². The number of nitrogen functional groups attached to an aromatic ring is 1. The van der Waals surface area contributed by atoms with Gasteiger partial charge in [0.2, 0.25) is 0 Å². The Morgan fingerprint density at radius 2 is 2.25 bits per heavy atom. The molecule has 0 aliphatic heterocycles. The first kappa shape index (κ1) is 11.0. The molecule has 0 aliphatic carbocycles. The van der Waals surface area contributed by atoms with Crippen LogP contribution in [0.5, 0.6) is 0 Å². The first-order valence-electron chi connectivity index (χ1n) is 4.79. The third-order valence-electron chi connectivity index (χ3n) is 2.39. The van der Waals surface area contributed by atoms with Crippen molar-refractivity contribution in [1.29, 1.82) is 0 Å². The quantitative estimate of drug-likeness (QED) is 0.876. The lowest BCUT2D eigenvalue weighted by Gasteiger charge is -2.05. The average Bonchev–Trinajstić information content (AvgIpc) is 2.52. The number of hydrogen-bond donors (Lipinski definition) is 1. The summed E-state index contributed by atoms with van der Waals surface area (Å²) >= 11 is 5.78. The summed E-state index contributed by atoms with van der Waals surface area (Å²) in [7, 11) is 0. The van der Waals surface area contributed by atoms with Gasteiger partial charge in [0.15, 0.2) is 5.82 Å². The second kappa shape index (κ2) is 4.14. The number of benzene rings is 1. The molecule has 0 saturated carbocycles. The van der Waals surface area contributed by atoms with Crippen LogP contribution in [0.3, 0.4) is 0 Å². The minimum atomic E-state index is -0.258. The summed E-state index contributed by atoms with van der Waals surface area (Å²) in [6, 6.07) is 4.66. The molecule has 0 unspecified atom stereocenters. The molecule has 5 heteroatoms. The average molecular weight is 240 g/mol. The highest BCUT2D eigenvalue weighted by Gasteiger charge is 2.05. The van der Waals surface area contributed by atoms with E-state index >= 15 is 0 Å². The summed E-state index contributed by atoms with van der Waals surface area (Å²) in [4.78, 5) is 0. The molecule has 2 rings (SSSR count). The number of anilines is 1. The van der Waals surface area contributed by atoms with E-state index in [9.17, 15) is 4.39 Å². The molecule has 0 saturated heterocycles. The second-order valence-electron chi connectivity index (χ2n) is 3.63. The molecule has 1 aromatic carbocycles. The van der Waals surface area contributed by atoms with Gasteiger partial charge in [0.1, 0.15) is 10.8 Å². The second-order valence-corrected chi connectivity index (χ2v) is 4.04. The van der Waals surface area contributed by atoms with Gasteiger partial charge in [0, 0.05) is 6.20 Å². The molecule has 3 nitrogen and oxygen atoms in total. The minimum absolute atomic E-state index is 0.258. The number of nitrogens with two attached hydrogens (primary N) is 1. The zero-order valence-corrected chi connectivity index (χ0v) is 9.50. The maximum atomic E-state index is 13.1. The summed E-state index contributed by atoms with van der Waals surface area (Å²) < 4.78 is 14.7. The molecule has 2 aromatic rings. The Labute approximate surface area is 97.6 Å². The lowest BCUT2D eigenvalue weighted by Crippen LogP contribution is -2.03. The molecule has 0 bridgehead atoms. The van der Waals surface area contributed by atoms with Crippen molar-refractivity contribution in [2.45, 2.75) is 13.5 Å². The fourth-order valence-corrected chi connectivity index (χ4v) is 1.63. The fraction of sp³-hybridized carbons (Fsp3) is 0.182. The Hall–Kier alpha value is -1.55. The van der Waals surface area contributed by atoms with Crippen LogP contribution in [-0.2, 0) is 6.54 Å². The third-order valence-corrected chi connectivity index (χ3v) is 2.68. The van der Waals surface area contributed by atoms with Gasteiger partial charge in [-0.2, -0.15) is 5.10 Å². The number of aryl methyl sites for hydroxylation is 1. The molecule has 1 heterocycles. The van der Waals surface area contributed by atoms with Crippen LogP contribution in [0.4, 0.5) is 10.2 Å². The molecule has 84 valence electrons. The Morgan fingerprint density at radius 3 is 2.88 bits per heavy atom. The standard InChI is InChI=1S/C11H11ClFN3/c1-7-2-3-9(13)4-8(7)5-16-6-10(12)11(14)15-16/h2-4,6H,5H2,1H3,(H2,14,15). The molecule has 0 atom stereocenters. The van der Waals surface area contributed by atoms with Crippen LogP contribution in [0.1, 0.15) is 11.1 Å². The molecule has 1 aromatic heterocycles. The van der Waals surface area contributed by atoms with Gasteiger partial charge in [0.05, 0.1) is 6.54 Å². The first-order chi connectivity index (χ1) is 7.56. The van der Waals surface area contributed by atoms with Crippen molar-refractivity contribution in [2.75, 3.05) is 5.73 Å². The molecular formula is C11H11ClFN3. The van der Waals surface area contributed by atoms with Gasteiger partial charge in [-0.3, -0.25) is 4.68 Å². The van der Waals surface area contributed by atoms with E-state index in [1.807, 2.05) is 6.92 Å². The van der Waals surface area contributed by atoms with Crippen molar-refractivity contribution in [3.05, 3.63) is 46.4 Å². The maximum absolute atomic E-state index is 13.1. The van der Waals surface area contributed by atoms with Gasteiger partial charge in [-0.05, 0) is 30.2 Å². The number of aromatic nitrogens is 2. The Morgan fingerprint density at radius 1 is 1.50 bits per heavy atom. The van der Waals surface area contributed by atoms with Crippen molar-refractivity contribution < 1.29 is 4.39 Å². The lowest BCUT2D eigenvalue weighted by molar-refractivity contribution is 0.618. The number of halogens is 2.